The standard InChI is InChI=1S/C12H21NO2S/c1-2-6-13-11(9-14)5-8-16-10-12-4-3-7-15-12/h3-4,7,11,13-14H,2,5-6,8-10H2,1H3. The van der Waals surface area contributed by atoms with E-state index in [1.54, 1.807) is 6.26 Å². The largest absolute Gasteiger partial charge is 0.468 e. The lowest BCUT2D eigenvalue weighted by atomic mass is 10.2. The quantitative estimate of drug-likeness (QED) is 0.653. The summed E-state index contributed by atoms with van der Waals surface area (Å²) in [7, 11) is 0. The number of thioether (sulfide) groups is 1. The summed E-state index contributed by atoms with van der Waals surface area (Å²) in [5, 5.41) is 12.5. The van der Waals surface area contributed by atoms with Gasteiger partial charge in [0.05, 0.1) is 18.6 Å². The minimum atomic E-state index is 0.224. The number of aliphatic hydroxyl groups is 1. The molecule has 0 aliphatic rings. The predicted molar refractivity (Wildman–Crippen MR) is 68.7 cm³/mol. The molecule has 0 spiro atoms. The van der Waals surface area contributed by atoms with E-state index < -0.39 is 0 Å². The van der Waals surface area contributed by atoms with Gasteiger partial charge >= 0.3 is 0 Å². The molecule has 0 saturated carbocycles. The highest BCUT2D eigenvalue weighted by atomic mass is 32.2. The van der Waals surface area contributed by atoms with E-state index >= 15 is 0 Å². The van der Waals surface area contributed by atoms with E-state index in [1.165, 1.54) is 0 Å². The van der Waals surface area contributed by atoms with Crippen LogP contribution in [-0.2, 0) is 5.75 Å². The summed E-state index contributed by atoms with van der Waals surface area (Å²) >= 11 is 1.84. The zero-order valence-electron chi connectivity index (χ0n) is 9.82. The number of furan rings is 1. The molecule has 16 heavy (non-hydrogen) atoms. The van der Waals surface area contributed by atoms with Crippen LogP contribution in [0.2, 0.25) is 0 Å². The number of hydrogen-bond donors (Lipinski definition) is 2. The number of rotatable bonds is 9. The van der Waals surface area contributed by atoms with Crippen LogP contribution in [0.3, 0.4) is 0 Å². The average molecular weight is 243 g/mol. The highest BCUT2D eigenvalue weighted by Crippen LogP contribution is 2.13. The normalized spacial score (nSPS) is 12.9. The summed E-state index contributed by atoms with van der Waals surface area (Å²) in [5.74, 6) is 2.98. The Kier molecular flexibility index (Phi) is 7.38. The highest BCUT2D eigenvalue weighted by Gasteiger charge is 2.05. The van der Waals surface area contributed by atoms with Crippen molar-refractivity contribution in [3.63, 3.8) is 0 Å². The lowest BCUT2D eigenvalue weighted by molar-refractivity contribution is 0.240. The van der Waals surface area contributed by atoms with Crippen LogP contribution >= 0.6 is 11.8 Å². The highest BCUT2D eigenvalue weighted by molar-refractivity contribution is 7.98. The number of aliphatic hydroxyl groups excluding tert-OH is 1. The van der Waals surface area contributed by atoms with Crippen molar-refractivity contribution in [2.45, 2.75) is 31.6 Å². The maximum absolute atomic E-state index is 9.15. The fraction of sp³-hybridized carbons (Fsp3) is 0.667. The Labute approximate surface area is 102 Å². The van der Waals surface area contributed by atoms with Gasteiger partial charge in [-0.3, -0.25) is 0 Å². The van der Waals surface area contributed by atoms with E-state index in [9.17, 15) is 0 Å². The summed E-state index contributed by atoms with van der Waals surface area (Å²) in [6.45, 7) is 3.34. The smallest absolute Gasteiger partial charge is 0.113 e. The van der Waals surface area contributed by atoms with Gasteiger partial charge in [0.1, 0.15) is 5.76 Å². The minimum absolute atomic E-state index is 0.224. The van der Waals surface area contributed by atoms with E-state index in [0.29, 0.717) is 0 Å². The van der Waals surface area contributed by atoms with Crippen LogP contribution in [0.25, 0.3) is 0 Å². The number of nitrogens with one attached hydrogen (secondary N) is 1. The predicted octanol–water partition coefficient (Wildman–Crippen LogP) is 2.26. The molecule has 0 bridgehead atoms. The van der Waals surface area contributed by atoms with E-state index in [2.05, 4.69) is 12.2 Å². The molecule has 0 radical (unpaired) electrons. The van der Waals surface area contributed by atoms with Gasteiger partial charge in [0.2, 0.25) is 0 Å². The lowest BCUT2D eigenvalue weighted by Gasteiger charge is -2.14. The molecule has 92 valence electrons. The maximum Gasteiger partial charge on any atom is 0.113 e. The molecule has 1 atom stereocenters. The molecule has 0 aromatic carbocycles. The third kappa shape index (κ3) is 5.58. The summed E-state index contributed by atoms with van der Waals surface area (Å²) in [5.41, 5.74) is 0. The fourth-order valence-electron chi connectivity index (χ4n) is 1.40. The third-order valence-electron chi connectivity index (χ3n) is 2.34. The Balaban J connectivity index is 2.04. The van der Waals surface area contributed by atoms with Crippen LogP contribution in [-0.4, -0.2) is 30.1 Å². The topological polar surface area (TPSA) is 45.4 Å². The Morgan fingerprint density at radius 3 is 3.06 bits per heavy atom. The van der Waals surface area contributed by atoms with Crippen molar-refractivity contribution in [3.8, 4) is 0 Å². The summed E-state index contributed by atoms with van der Waals surface area (Å²) in [6, 6.07) is 4.14. The molecule has 2 N–H and O–H groups in total. The summed E-state index contributed by atoms with van der Waals surface area (Å²) < 4.78 is 5.25. The zero-order chi connectivity index (χ0) is 11.6. The Morgan fingerprint density at radius 2 is 2.44 bits per heavy atom. The lowest BCUT2D eigenvalue weighted by Crippen LogP contribution is -2.33. The van der Waals surface area contributed by atoms with Gasteiger partial charge < -0.3 is 14.8 Å². The van der Waals surface area contributed by atoms with Crippen LogP contribution in [0.15, 0.2) is 22.8 Å². The van der Waals surface area contributed by atoms with Crippen LogP contribution in [0.5, 0.6) is 0 Å². The molecule has 0 aliphatic carbocycles. The van der Waals surface area contributed by atoms with Gasteiger partial charge in [-0.15, -0.1) is 0 Å². The molecule has 1 unspecified atom stereocenters. The molecule has 0 fully saturated rings. The molecule has 4 heteroatoms. The minimum Gasteiger partial charge on any atom is -0.468 e. The second-order valence-electron chi connectivity index (χ2n) is 3.75. The van der Waals surface area contributed by atoms with E-state index in [0.717, 1.165) is 36.7 Å². The molecule has 1 aromatic heterocycles. The van der Waals surface area contributed by atoms with E-state index in [-0.39, 0.29) is 12.6 Å². The molecule has 0 saturated heterocycles. The monoisotopic (exact) mass is 243 g/mol. The van der Waals surface area contributed by atoms with E-state index in [1.807, 2.05) is 23.9 Å². The van der Waals surface area contributed by atoms with Crippen molar-refractivity contribution in [2.24, 2.45) is 0 Å². The van der Waals surface area contributed by atoms with Crippen LogP contribution < -0.4 is 5.32 Å². The first-order valence-corrected chi connectivity index (χ1v) is 6.96. The SMILES string of the molecule is CCCNC(CO)CCSCc1ccco1. The molecule has 1 heterocycles. The maximum atomic E-state index is 9.15. The van der Waals surface area contributed by atoms with Gasteiger partial charge in [-0.1, -0.05) is 6.92 Å². The summed E-state index contributed by atoms with van der Waals surface area (Å²) in [4.78, 5) is 0. The second kappa shape index (κ2) is 8.67. The van der Waals surface area contributed by atoms with Crippen molar-refractivity contribution in [2.75, 3.05) is 18.9 Å². The van der Waals surface area contributed by atoms with Gasteiger partial charge in [0.25, 0.3) is 0 Å². The molecule has 0 amide bonds. The molecule has 1 rings (SSSR count). The van der Waals surface area contributed by atoms with Gasteiger partial charge in [0.15, 0.2) is 0 Å². The Morgan fingerprint density at radius 1 is 1.56 bits per heavy atom. The average Bonchev–Trinajstić information content (AvgIpc) is 2.81. The van der Waals surface area contributed by atoms with Crippen molar-refractivity contribution in [1.82, 2.24) is 5.32 Å². The third-order valence-corrected chi connectivity index (χ3v) is 3.35. The molecular formula is C12H21NO2S. The van der Waals surface area contributed by atoms with Crippen molar-refractivity contribution < 1.29 is 9.52 Å². The first-order chi connectivity index (χ1) is 7.86. The fourth-order valence-corrected chi connectivity index (χ4v) is 2.36. The first-order valence-electron chi connectivity index (χ1n) is 5.81. The van der Waals surface area contributed by atoms with Crippen LogP contribution in [0, 0.1) is 0 Å². The van der Waals surface area contributed by atoms with Gasteiger partial charge in [-0.2, -0.15) is 11.8 Å². The molecule has 0 aliphatic heterocycles. The van der Waals surface area contributed by atoms with Crippen molar-refractivity contribution in [1.29, 1.82) is 0 Å². The van der Waals surface area contributed by atoms with Gasteiger partial charge in [-0.05, 0) is 37.3 Å². The summed E-state index contributed by atoms with van der Waals surface area (Å²) in [6.07, 6.45) is 3.81. The van der Waals surface area contributed by atoms with Gasteiger partial charge in [-0.25, -0.2) is 0 Å². The molecule has 1 aromatic rings. The Bertz CT molecular complexity index is 252. The van der Waals surface area contributed by atoms with Crippen molar-refractivity contribution >= 4 is 11.8 Å². The second-order valence-corrected chi connectivity index (χ2v) is 4.86. The van der Waals surface area contributed by atoms with Crippen molar-refractivity contribution in [3.05, 3.63) is 24.2 Å². The van der Waals surface area contributed by atoms with Crippen LogP contribution in [0.1, 0.15) is 25.5 Å². The first kappa shape index (κ1) is 13.6. The molecular weight excluding hydrogens is 222 g/mol. The van der Waals surface area contributed by atoms with E-state index in [4.69, 9.17) is 9.52 Å². The zero-order valence-corrected chi connectivity index (χ0v) is 10.6. The van der Waals surface area contributed by atoms with Gasteiger partial charge in [0, 0.05) is 6.04 Å². The van der Waals surface area contributed by atoms with Crippen LogP contribution in [0.4, 0.5) is 0 Å². The Hall–Kier alpha value is -0.450. The number of hydrogen-bond acceptors (Lipinski definition) is 4. The molecule has 3 nitrogen and oxygen atoms in total.